The van der Waals surface area contributed by atoms with Gasteiger partial charge in [0.15, 0.2) is 0 Å². The molecule has 0 spiro atoms. The van der Waals surface area contributed by atoms with Crippen LogP contribution >= 0.6 is 0 Å². The van der Waals surface area contributed by atoms with Gasteiger partial charge >= 0.3 is 0 Å². The normalized spacial score (nSPS) is 13.1. The van der Waals surface area contributed by atoms with Crippen molar-refractivity contribution in [2.24, 2.45) is 5.92 Å². The Morgan fingerprint density at radius 2 is 2.07 bits per heavy atom. The summed E-state index contributed by atoms with van der Waals surface area (Å²) >= 11 is 0. The fourth-order valence-corrected chi connectivity index (χ4v) is 1.67. The van der Waals surface area contributed by atoms with Crippen LogP contribution in [0.1, 0.15) is 33.2 Å². The number of hydrogen-bond donors (Lipinski definition) is 1. The molecule has 3 nitrogen and oxygen atoms in total. The highest BCUT2D eigenvalue weighted by Crippen LogP contribution is 2.14. The quantitative estimate of drug-likeness (QED) is 0.800. The predicted molar refractivity (Wildman–Crippen MR) is 59.3 cm³/mol. The van der Waals surface area contributed by atoms with Gasteiger partial charge in [0.25, 0.3) is 5.56 Å². The summed E-state index contributed by atoms with van der Waals surface area (Å²) in [5.41, 5.74) is 5.80. The van der Waals surface area contributed by atoms with Gasteiger partial charge in [-0.05, 0) is 31.4 Å². The van der Waals surface area contributed by atoms with Gasteiger partial charge in [0.05, 0.1) is 5.69 Å². The molecule has 1 rings (SSSR count). The van der Waals surface area contributed by atoms with Gasteiger partial charge in [0.1, 0.15) is 0 Å². The van der Waals surface area contributed by atoms with E-state index in [1.54, 1.807) is 16.8 Å². The number of rotatable bonds is 3. The molecule has 0 fully saturated rings. The van der Waals surface area contributed by atoms with E-state index in [1.807, 2.05) is 13.0 Å². The van der Waals surface area contributed by atoms with Crippen LogP contribution in [0.5, 0.6) is 0 Å². The number of nitrogen functional groups attached to an aromatic ring is 1. The Labute approximate surface area is 84.6 Å². The summed E-state index contributed by atoms with van der Waals surface area (Å²) in [6, 6.07) is 3.67. The van der Waals surface area contributed by atoms with E-state index >= 15 is 0 Å². The highest BCUT2D eigenvalue weighted by Gasteiger charge is 2.09. The molecular weight excluding hydrogens is 176 g/mol. The minimum Gasteiger partial charge on any atom is -0.394 e. The lowest BCUT2D eigenvalue weighted by Gasteiger charge is -2.17. The van der Waals surface area contributed by atoms with Crippen molar-refractivity contribution in [3.63, 3.8) is 0 Å². The number of nitrogens with zero attached hydrogens (tertiary/aromatic N) is 1. The summed E-state index contributed by atoms with van der Waals surface area (Å²) in [5.74, 6) is 0.582. The molecule has 78 valence electrons. The Bertz CT molecular complexity index is 355. The fraction of sp³-hybridized carbons (Fsp3) is 0.545. The standard InChI is InChI=1S/C11H18N2O/c1-8(2)7-9(3)13-6-4-5-10(12)11(13)14/h4-6,8-9H,7,12H2,1-3H3. The molecule has 0 bridgehead atoms. The second kappa shape index (κ2) is 4.31. The van der Waals surface area contributed by atoms with Gasteiger partial charge in [-0.1, -0.05) is 13.8 Å². The lowest BCUT2D eigenvalue weighted by molar-refractivity contribution is 0.420. The van der Waals surface area contributed by atoms with E-state index in [1.165, 1.54) is 0 Å². The van der Waals surface area contributed by atoms with E-state index in [2.05, 4.69) is 13.8 Å². The van der Waals surface area contributed by atoms with E-state index in [0.29, 0.717) is 11.6 Å². The maximum absolute atomic E-state index is 11.6. The molecule has 1 heterocycles. The van der Waals surface area contributed by atoms with Gasteiger partial charge in [-0.25, -0.2) is 0 Å². The van der Waals surface area contributed by atoms with Crippen molar-refractivity contribution in [1.82, 2.24) is 4.57 Å². The van der Waals surface area contributed by atoms with Crippen LogP contribution in [0.4, 0.5) is 5.69 Å². The molecule has 0 saturated heterocycles. The van der Waals surface area contributed by atoms with Crippen molar-refractivity contribution in [2.45, 2.75) is 33.2 Å². The number of anilines is 1. The number of pyridine rings is 1. The van der Waals surface area contributed by atoms with Crippen LogP contribution in [0.3, 0.4) is 0 Å². The first-order valence-corrected chi connectivity index (χ1v) is 4.99. The van der Waals surface area contributed by atoms with Crippen molar-refractivity contribution >= 4 is 5.69 Å². The Morgan fingerprint density at radius 3 is 2.64 bits per heavy atom. The van der Waals surface area contributed by atoms with Crippen molar-refractivity contribution in [3.05, 3.63) is 28.7 Å². The molecule has 0 aliphatic carbocycles. The zero-order valence-corrected chi connectivity index (χ0v) is 9.03. The van der Waals surface area contributed by atoms with E-state index in [0.717, 1.165) is 6.42 Å². The number of hydrogen-bond acceptors (Lipinski definition) is 2. The average Bonchev–Trinajstić information content (AvgIpc) is 2.08. The maximum Gasteiger partial charge on any atom is 0.273 e. The zero-order chi connectivity index (χ0) is 10.7. The average molecular weight is 194 g/mol. The topological polar surface area (TPSA) is 48.0 Å². The molecule has 0 saturated carbocycles. The fourth-order valence-electron chi connectivity index (χ4n) is 1.67. The summed E-state index contributed by atoms with van der Waals surface area (Å²) in [6.07, 6.45) is 2.79. The smallest absolute Gasteiger partial charge is 0.273 e. The van der Waals surface area contributed by atoms with Crippen LogP contribution in [0, 0.1) is 5.92 Å². The van der Waals surface area contributed by atoms with E-state index in [-0.39, 0.29) is 11.6 Å². The minimum absolute atomic E-state index is 0.0827. The van der Waals surface area contributed by atoms with E-state index < -0.39 is 0 Å². The molecule has 1 aromatic heterocycles. The highest BCUT2D eigenvalue weighted by molar-refractivity contribution is 5.33. The molecule has 0 aromatic carbocycles. The van der Waals surface area contributed by atoms with Crippen LogP contribution in [0.25, 0.3) is 0 Å². The molecule has 3 heteroatoms. The Morgan fingerprint density at radius 1 is 1.43 bits per heavy atom. The lowest BCUT2D eigenvalue weighted by Crippen LogP contribution is -2.25. The monoisotopic (exact) mass is 194 g/mol. The van der Waals surface area contributed by atoms with Crippen LogP contribution in [0.15, 0.2) is 23.1 Å². The first-order chi connectivity index (χ1) is 6.52. The maximum atomic E-state index is 11.6. The largest absolute Gasteiger partial charge is 0.394 e. The third-order valence-electron chi connectivity index (χ3n) is 2.29. The summed E-state index contributed by atoms with van der Waals surface area (Å²) < 4.78 is 1.70. The molecule has 1 unspecified atom stereocenters. The second-order valence-corrected chi connectivity index (χ2v) is 4.15. The van der Waals surface area contributed by atoms with Gasteiger partial charge in [-0.2, -0.15) is 0 Å². The first-order valence-electron chi connectivity index (χ1n) is 4.99. The molecule has 2 N–H and O–H groups in total. The highest BCUT2D eigenvalue weighted by atomic mass is 16.1. The van der Waals surface area contributed by atoms with Crippen LogP contribution in [0.2, 0.25) is 0 Å². The molecule has 14 heavy (non-hydrogen) atoms. The lowest BCUT2D eigenvalue weighted by atomic mass is 10.1. The SMILES string of the molecule is CC(C)CC(C)n1cccc(N)c1=O. The van der Waals surface area contributed by atoms with Gasteiger partial charge in [-0.15, -0.1) is 0 Å². The van der Waals surface area contributed by atoms with E-state index in [4.69, 9.17) is 5.73 Å². The van der Waals surface area contributed by atoms with Gasteiger partial charge < -0.3 is 10.3 Å². The minimum atomic E-state index is -0.0827. The Kier molecular flexibility index (Phi) is 3.33. The van der Waals surface area contributed by atoms with Crippen LogP contribution in [-0.2, 0) is 0 Å². The van der Waals surface area contributed by atoms with E-state index in [9.17, 15) is 4.79 Å². The molecular formula is C11H18N2O. The van der Waals surface area contributed by atoms with Gasteiger partial charge in [-0.3, -0.25) is 4.79 Å². The van der Waals surface area contributed by atoms with Crippen molar-refractivity contribution in [1.29, 1.82) is 0 Å². The Hall–Kier alpha value is -1.25. The van der Waals surface area contributed by atoms with Crippen LogP contribution < -0.4 is 11.3 Å². The third kappa shape index (κ3) is 2.37. The van der Waals surface area contributed by atoms with Gasteiger partial charge in [0, 0.05) is 12.2 Å². The van der Waals surface area contributed by atoms with Crippen molar-refractivity contribution in [3.8, 4) is 0 Å². The summed E-state index contributed by atoms with van der Waals surface area (Å²) in [6.45, 7) is 6.34. The second-order valence-electron chi connectivity index (χ2n) is 4.15. The van der Waals surface area contributed by atoms with Crippen molar-refractivity contribution < 1.29 is 0 Å². The summed E-state index contributed by atoms with van der Waals surface area (Å²) in [4.78, 5) is 11.6. The summed E-state index contributed by atoms with van der Waals surface area (Å²) in [7, 11) is 0. The molecule has 0 aliphatic heterocycles. The van der Waals surface area contributed by atoms with Crippen LogP contribution in [-0.4, -0.2) is 4.57 Å². The predicted octanol–water partition coefficient (Wildman–Crippen LogP) is 2.04. The first kappa shape index (κ1) is 10.8. The summed E-state index contributed by atoms with van der Waals surface area (Å²) in [5, 5.41) is 0. The molecule has 1 atom stereocenters. The number of aromatic nitrogens is 1. The van der Waals surface area contributed by atoms with Gasteiger partial charge in [0.2, 0.25) is 0 Å². The molecule has 1 aromatic rings. The van der Waals surface area contributed by atoms with Crippen molar-refractivity contribution in [2.75, 3.05) is 5.73 Å². The molecule has 0 radical (unpaired) electrons. The zero-order valence-electron chi connectivity index (χ0n) is 9.03. The number of nitrogens with two attached hydrogens (primary N) is 1. The third-order valence-corrected chi connectivity index (χ3v) is 2.29. The Balaban J connectivity index is 2.96. The molecule has 0 amide bonds. The molecule has 0 aliphatic rings.